The van der Waals surface area contributed by atoms with Crippen molar-refractivity contribution in [2.45, 2.75) is 13.5 Å². The lowest BCUT2D eigenvalue weighted by atomic mass is 10.1. The number of hydrogen-bond donors (Lipinski definition) is 2. The molecular formula is C21H22N4O2S. The summed E-state index contributed by atoms with van der Waals surface area (Å²) in [6.45, 7) is 6.45. The van der Waals surface area contributed by atoms with Crippen LogP contribution in [0.5, 0.6) is 5.75 Å². The standard InChI is InChI=1S/C21H22N4O2S/c1-4-14-25-19(16-10-12-18(27-3)13-11-16)15(2)28-21(25)24-23-20(26)22-17-8-6-5-7-9-17/h4-13H,1,14H2,2-3H3,(H2,22,23,26)/b24-21-. The van der Waals surface area contributed by atoms with Gasteiger partial charge in [0.2, 0.25) is 4.80 Å². The Hall–Kier alpha value is -3.32. The maximum absolute atomic E-state index is 12.1. The number of urea groups is 1. The number of carbonyl (C=O) groups excluding carboxylic acids is 1. The molecule has 6 nitrogen and oxygen atoms in total. The summed E-state index contributed by atoms with van der Waals surface area (Å²) in [6, 6.07) is 16.7. The lowest BCUT2D eigenvalue weighted by Crippen LogP contribution is -2.28. The topological polar surface area (TPSA) is 67.6 Å². The summed E-state index contributed by atoms with van der Waals surface area (Å²) in [5.41, 5.74) is 5.36. The second kappa shape index (κ2) is 9.05. The van der Waals surface area contributed by atoms with Crippen LogP contribution in [-0.2, 0) is 6.54 Å². The molecule has 0 radical (unpaired) electrons. The minimum Gasteiger partial charge on any atom is -0.497 e. The molecule has 0 aliphatic heterocycles. The van der Waals surface area contributed by atoms with Crippen molar-refractivity contribution < 1.29 is 9.53 Å². The third kappa shape index (κ3) is 4.50. The Kier molecular flexibility index (Phi) is 6.29. The van der Waals surface area contributed by atoms with Gasteiger partial charge in [0.05, 0.1) is 12.8 Å². The number of hydrogen-bond acceptors (Lipinski definition) is 4. The molecule has 0 aliphatic carbocycles. The maximum Gasteiger partial charge on any atom is 0.339 e. The van der Waals surface area contributed by atoms with E-state index in [4.69, 9.17) is 4.74 Å². The summed E-state index contributed by atoms with van der Waals surface area (Å²) in [6.07, 6.45) is 1.81. The fourth-order valence-electron chi connectivity index (χ4n) is 2.79. The largest absolute Gasteiger partial charge is 0.497 e. The van der Waals surface area contributed by atoms with Crippen LogP contribution in [0, 0.1) is 6.92 Å². The van der Waals surface area contributed by atoms with Crippen molar-refractivity contribution in [3.8, 4) is 17.0 Å². The number of carbonyl (C=O) groups is 1. The summed E-state index contributed by atoms with van der Waals surface area (Å²) in [7, 11) is 1.64. The number of rotatable bonds is 6. The van der Waals surface area contributed by atoms with Gasteiger partial charge < -0.3 is 14.6 Å². The molecule has 7 heteroatoms. The Morgan fingerprint density at radius 3 is 2.57 bits per heavy atom. The summed E-state index contributed by atoms with van der Waals surface area (Å²) in [4.78, 5) is 13.9. The monoisotopic (exact) mass is 394 g/mol. The van der Waals surface area contributed by atoms with Crippen LogP contribution < -0.4 is 20.3 Å². The molecule has 0 spiro atoms. The first kappa shape index (κ1) is 19.4. The van der Waals surface area contributed by atoms with E-state index < -0.39 is 6.03 Å². The number of aryl methyl sites for hydroxylation is 1. The van der Waals surface area contributed by atoms with Crippen LogP contribution >= 0.6 is 11.3 Å². The SMILES string of the molecule is C=CCn1c(-c2ccc(OC)cc2)c(C)s/c1=N\NC(=O)Nc1ccccc1. The normalized spacial score (nSPS) is 11.1. The van der Waals surface area contributed by atoms with E-state index in [9.17, 15) is 4.79 Å². The Balaban J connectivity index is 1.89. The predicted octanol–water partition coefficient (Wildman–Crippen LogP) is 4.36. The smallest absolute Gasteiger partial charge is 0.339 e. The quantitative estimate of drug-likeness (QED) is 0.482. The van der Waals surface area contributed by atoms with Crippen LogP contribution in [0.25, 0.3) is 11.3 Å². The van der Waals surface area contributed by atoms with Crippen LogP contribution in [0.2, 0.25) is 0 Å². The molecule has 144 valence electrons. The van der Waals surface area contributed by atoms with E-state index >= 15 is 0 Å². The first-order chi connectivity index (χ1) is 13.6. The Morgan fingerprint density at radius 1 is 1.21 bits per heavy atom. The zero-order chi connectivity index (χ0) is 19.9. The highest BCUT2D eigenvalue weighted by Crippen LogP contribution is 2.27. The highest BCUT2D eigenvalue weighted by atomic mass is 32.1. The van der Waals surface area contributed by atoms with Crippen molar-refractivity contribution in [1.82, 2.24) is 9.99 Å². The van der Waals surface area contributed by atoms with Gasteiger partial charge in [0, 0.05) is 17.1 Å². The van der Waals surface area contributed by atoms with Crippen molar-refractivity contribution in [3.05, 3.63) is 76.9 Å². The maximum atomic E-state index is 12.1. The van der Waals surface area contributed by atoms with E-state index in [1.807, 2.05) is 72.2 Å². The fourth-order valence-corrected chi connectivity index (χ4v) is 3.76. The molecule has 2 N–H and O–H groups in total. The zero-order valence-corrected chi connectivity index (χ0v) is 16.6. The van der Waals surface area contributed by atoms with Crippen LogP contribution in [-0.4, -0.2) is 17.7 Å². The van der Waals surface area contributed by atoms with Gasteiger partial charge in [-0.1, -0.05) is 35.6 Å². The highest BCUT2D eigenvalue weighted by molar-refractivity contribution is 7.09. The molecule has 1 heterocycles. The summed E-state index contributed by atoms with van der Waals surface area (Å²) < 4.78 is 7.26. The molecule has 0 saturated carbocycles. The molecule has 3 rings (SSSR count). The van der Waals surface area contributed by atoms with Crippen LogP contribution in [0.4, 0.5) is 10.5 Å². The molecule has 0 atom stereocenters. The first-order valence-electron chi connectivity index (χ1n) is 8.73. The van der Waals surface area contributed by atoms with E-state index in [2.05, 4.69) is 22.4 Å². The number of aromatic nitrogens is 1. The van der Waals surface area contributed by atoms with E-state index in [1.165, 1.54) is 11.3 Å². The van der Waals surface area contributed by atoms with Crippen molar-refractivity contribution in [2.24, 2.45) is 5.10 Å². The molecule has 28 heavy (non-hydrogen) atoms. The van der Waals surface area contributed by atoms with Gasteiger partial charge in [-0.05, 0) is 48.9 Å². The summed E-state index contributed by atoms with van der Waals surface area (Å²) >= 11 is 1.51. The van der Waals surface area contributed by atoms with Gasteiger partial charge in [-0.2, -0.15) is 0 Å². The van der Waals surface area contributed by atoms with E-state index in [-0.39, 0.29) is 0 Å². The predicted molar refractivity (Wildman–Crippen MR) is 113 cm³/mol. The minimum atomic E-state index is -0.395. The Labute approximate surface area is 167 Å². The molecule has 0 unspecified atom stereocenters. The fraction of sp³-hybridized carbons (Fsp3) is 0.143. The van der Waals surface area contributed by atoms with Gasteiger partial charge in [-0.3, -0.25) is 0 Å². The lowest BCUT2D eigenvalue weighted by molar-refractivity contribution is 0.252. The van der Waals surface area contributed by atoms with Gasteiger partial charge in [0.25, 0.3) is 0 Å². The van der Waals surface area contributed by atoms with Crippen molar-refractivity contribution in [2.75, 3.05) is 12.4 Å². The van der Waals surface area contributed by atoms with Gasteiger partial charge in [0.15, 0.2) is 0 Å². The van der Waals surface area contributed by atoms with Crippen molar-refractivity contribution in [3.63, 3.8) is 0 Å². The van der Waals surface area contributed by atoms with Gasteiger partial charge >= 0.3 is 6.03 Å². The Bertz CT molecular complexity index is 1020. The van der Waals surface area contributed by atoms with E-state index in [0.717, 1.165) is 21.9 Å². The zero-order valence-electron chi connectivity index (χ0n) is 15.8. The molecule has 3 aromatic rings. The summed E-state index contributed by atoms with van der Waals surface area (Å²) in [5, 5.41) is 7.06. The number of methoxy groups -OCH3 is 1. The molecule has 1 aromatic heterocycles. The number of amides is 2. The number of anilines is 1. The molecule has 0 bridgehead atoms. The number of nitrogens with zero attached hydrogens (tertiary/aromatic N) is 2. The van der Waals surface area contributed by atoms with Crippen LogP contribution in [0.3, 0.4) is 0 Å². The molecule has 0 aliphatic rings. The summed E-state index contributed by atoms with van der Waals surface area (Å²) in [5.74, 6) is 0.802. The number of para-hydroxylation sites is 1. The number of benzene rings is 2. The molecule has 2 aromatic carbocycles. The van der Waals surface area contributed by atoms with E-state index in [0.29, 0.717) is 17.0 Å². The third-order valence-electron chi connectivity index (χ3n) is 4.04. The second-order valence-electron chi connectivity index (χ2n) is 5.96. The van der Waals surface area contributed by atoms with Gasteiger partial charge in [-0.15, -0.1) is 11.7 Å². The molecule has 2 amide bonds. The first-order valence-corrected chi connectivity index (χ1v) is 9.55. The lowest BCUT2D eigenvalue weighted by Gasteiger charge is -2.09. The molecule has 0 fully saturated rings. The van der Waals surface area contributed by atoms with Crippen LogP contribution in [0.15, 0.2) is 72.4 Å². The third-order valence-corrected chi connectivity index (χ3v) is 5.03. The molecule has 0 saturated heterocycles. The van der Waals surface area contributed by atoms with Gasteiger partial charge in [-0.25, -0.2) is 10.2 Å². The highest BCUT2D eigenvalue weighted by Gasteiger charge is 2.12. The number of allylic oxidation sites excluding steroid dienone is 1. The average molecular weight is 395 g/mol. The molecular weight excluding hydrogens is 372 g/mol. The number of nitrogens with one attached hydrogen (secondary N) is 2. The number of ether oxygens (including phenoxy) is 1. The van der Waals surface area contributed by atoms with Crippen molar-refractivity contribution >= 4 is 23.1 Å². The Morgan fingerprint density at radius 2 is 1.93 bits per heavy atom. The average Bonchev–Trinajstić information content (AvgIpc) is 3.02. The van der Waals surface area contributed by atoms with E-state index in [1.54, 1.807) is 7.11 Å². The minimum absolute atomic E-state index is 0.395. The number of thiazole rings is 1. The second-order valence-corrected chi connectivity index (χ2v) is 7.14. The van der Waals surface area contributed by atoms with Crippen LogP contribution in [0.1, 0.15) is 4.88 Å². The van der Waals surface area contributed by atoms with Crippen molar-refractivity contribution in [1.29, 1.82) is 0 Å². The van der Waals surface area contributed by atoms with Gasteiger partial charge in [0.1, 0.15) is 5.75 Å².